The molecule has 0 radical (unpaired) electrons. The van der Waals surface area contributed by atoms with Gasteiger partial charge in [0.25, 0.3) is 0 Å². The van der Waals surface area contributed by atoms with Crippen molar-refractivity contribution in [1.82, 2.24) is 9.97 Å². The van der Waals surface area contributed by atoms with Crippen molar-refractivity contribution in [2.75, 3.05) is 9.80 Å². The van der Waals surface area contributed by atoms with Gasteiger partial charge in [0.2, 0.25) is 0 Å². The molecule has 7 aromatic carbocycles. The lowest BCUT2D eigenvalue weighted by molar-refractivity contribution is 1.11. The molecule has 4 heteroatoms. The molecule has 8 aromatic rings. The van der Waals surface area contributed by atoms with Crippen LogP contribution in [0.25, 0.3) is 33.8 Å². The summed E-state index contributed by atoms with van der Waals surface area (Å²) < 4.78 is 0. The second kappa shape index (κ2) is 15.5. The van der Waals surface area contributed by atoms with Crippen LogP contribution in [-0.4, -0.2) is 9.97 Å². The van der Waals surface area contributed by atoms with Gasteiger partial charge < -0.3 is 4.90 Å². The minimum atomic E-state index is 0.678. The highest BCUT2D eigenvalue weighted by Crippen LogP contribution is 2.43. The van der Waals surface area contributed by atoms with Gasteiger partial charge in [-0.15, -0.1) is 0 Å². The van der Waals surface area contributed by atoms with E-state index in [-0.39, 0.29) is 0 Å². The van der Waals surface area contributed by atoms with Gasteiger partial charge in [0, 0.05) is 34.3 Å². The number of anilines is 6. The minimum Gasteiger partial charge on any atom is -0.310 e. The van der Waals surface area contributed by atoms with Crippen molar-refractivity contribution in [2.45, 2.75) is 41.5 Å². The van der Waals surface area contributed by atoms with Crippen molar-refractivity contribution < 1.29 is 0 Å². The summed E-state index contributed by atoms with van der Waals surface area (Å²) in [4.78, 5) is 15.2. The summed E-state index contributed by atoms with van der Waals surface area (Å²) in [6.07, 6.45) is 0. The molecule has 1 aromatic heterocycles. The van der Waals surface area contributed by atoms with Crippen LogP contribution >= 0.6 is 0 Å². The molecule has 8 rings (SSSR count). The molecule has 0 unspecified atom stereocenters. The summed E-state index contributed by atoms with van der Waals surface area (Å²) in [7, 11) is 0. The van der Waals surface area contributed by atoms with Crippen molar-refractivity contribution in [3.63, 3.8) is 0 Å². The zero-order valence-electron chi connectivity index (χ0n) is 33.0. The van der Waals surface area contributed by atoms with Crippen LogP contribution in [0.3, 0.4) is 0 Å². The Balaban J connectivity index is 1.31. The van der Waals surface area contributed by atoms with Gasteiger partial charge in [0.1, 0.15) is 5.82 Å². The number of para-hydroxylation sites is 4. The normalized spacial score (nSPS) is 11.0. The first kappa shape index (κ1) is 36.2. The maximum absolute atomic E-state index is 5.29. The zero-order valence-corrected chi connectivity index (χ0v) is 33.0. The Labute approximate surface area is 331 Å². The molecule has 0 saturated heterocycles. The Morgan fingerprint density at radius 1 is 0.339 bits per heavy atom. The van der Waals surface area contributed by atoms with Crippen molar-refractivity contribution in [3.05, 3.63) is 203 Å². The molecule has 0 aliphatic heterocycles. The van der Waals surface area contributed by atoms with E-state index in [4.69, 9.17) is 9.97 Å². The molecule has 0 atom stereocenters. The second-order valence-electron chi connectivity index (χ2n) is 14.6. The first-order valence-corrected chi connectivity index (χ1v) is 19.3. The molecule has 0 N–H and O–H groups in total. The number of nitrogens with zero attached hydrogens (tertiary/aromatic N) is 4. The molecule has 0 spiro atoms. The lowest BCUT2D eigenvalue weighted by Crippen LogP contribution is -2.15. The third-order valence-electron chi connectivity index (χ3n) is 10.7. The topological polar surface area (TPSA) is 32.3 Å². The van der Waals surface area contributed by atoms with Crippen molar-refractivity contribution in [3.8, 4) is 33.8 Å². The molecule has 0 bridgehead atoms. The van der Waals surface area contributed by atoms with Gasteiger partial charge in [-0.05, 0) is 129 Å². The zero-order chi connectivity index (χ0) is 38.8. The van der Waals surface area contributed by atoms with Crippen LogP contribution < -0.4 is 9.80 Å². The van der Waals surface area contributed by atoms with Crippen LogP contribution in [0.15, 0.2) is 170 Å². The number of aryl methyl sites for hydroxylation is 6. The average molecular weight is 727 g/mol. The lowest BCUT2D eigenvalue weighted by Gasteiger charge is -2.29. The summed E-state index contributed by atoms with van der Waals surface area (Å²) in [5.41, 5.74) is 18.0. The van der Waals surface area contributed by atoms with E-state index in [0.29, 0.717) is 5.82 Å². The first-order valence-electron chi connectivity index (χ1n) is 19.3. The van der Waals surface area contributed by atoms with E-state index in [0.717, 1.165) is 62.2 Å². The van der Waals surface area contributed by atoms with E-state index in [1.807, 2.05) is 18.2 Å². The maximum atomic E-state index is 5.29. The molecular weight excluding hydrogens is 681 g/mol. The largest absolute Gasteiger partial charge is 0.310 e. The summed E-state index contributed by atoms with van der Waals surface area (Å²) in [6, 6.07) is 60.2. The van der Waals surface area contributed by atoms with Gasteiger partial charge in [-0.1, -0.05) is 121 Å². The Kier molecular flexibility index (Phi) is 10.0. The van der Waals surface area contributed by atoms with Gasteiger partial charge in [-0.2, -0.15) is 0 Å². The highest BCUT2D eigenvalue weighted by molar-refractivity contribution is 5.86. The highest BCUT2D eigenvalue weighted by atomic mass is 15.2. The summed E-state index contributed by atoms with van der Waals surface area (Å²) in [5, 5.41) is 0. The molecule has 274 valence electrons. The predicted octanol–water partition coefficient (Wildman–Crippen LogP) is 14.3. The van der Waals surface area contributed by atoms with Gasteiger partial charge in [0.15, 0.2) is 5.82 Å². The molecular formula is C52H46N4. The Bertz CT molecular complexity index is 2590. The van der Waals surface area contributed by atoms with Crippen LogP contribution in [0.1, 0.15) is 33.4 Å². The van der Waals surface area contributed by atoms with Crippen molar-refractivity contribution in [2.24, 2.45) is 0 Å². The van der Waals surface area contributed by atoms with Gasteiger partial charge in [0.05, 0.1) is 17.1 Å². The quantitative estimate of drug-likeness (QED) is 0.148. The van der Waals surface area contributed by atoms with Crippen LogP contribution in [0, 0.1) is 41.5 Å². The van der Waals surface area contributed by atoms with Gasteiger partial charge in [-0.3, -0.25) is 4.90 Å². The maximum Gasteiger partial charge on any atom is 0.162 e. The van der Waals surface area contributed by atoms with Crippen molar-refractivity contribution >= 4 is 34.3 Å². The fourth-order valence-corrected chi connectivity index (χ4v) is 7.57. The lowest BCUT2D eigenvalue weighted by atomic mass is 9.93. The van der Waals surface area contributed by atoms with Crippen LogP contribution in [0.2, 0.25) is 0 Å². The Hall–Kier alpha value is -6.78. The highest BCUT2D eigenvalue weighted by Gasteiger charge is 2.22. The Morgan fingerprint density at radius 2 is 0.786 bits per heavy atom. The molecule has 0 aliphatic rings. The SMILES string of the molecule is Cc1ccc(-c2cc(N(c3ccccc3C)c3ccccc3C)nc(-c3ccccc3)n2)cc1-c1cc(N(c2ccccc2C)c2ccccc2C)ccc1C. The standard InChI is InChI=1S/C52H46N4/c1-35-28-30-42(32-44(35)45-33-43(31-29-36(45)2)55(47-24-14-10-18-37(47)3)48-25-15-11-19-38(48)4)46-34-51(54-52(53-46)41-22-8-7-9-23-41)56(49-26-16-12-20-39(49)5)50-27-17-13-21-40(50)6/h7-34H,1-6H3. The molecule has 0 amide bonds. The smallest absolute Gasteiger partial charge is 0.162 e. The number of hydrogen-bond donors (Lipinski definition) is 0. The molecule has 1 heterocycles. The molecule has 56 heavy (non-hydrogen) atoms. The van der Waals surface area contributed by atoms with E-state index in [1.165, 1.54) is 33.4 Å². The van der Waals surface area contributed by atoms with E-state index >= 15 is 0 Å². The number of aromatic nitrogens is 2. The van der Waals surface area contributed by atoms with E-state index in [1.54, 1.807) is 0 Å². The summed E-state index contributed by atoms with van der Waals surface area (Å²) >= 11 is 0. The van der Waals surface area contributed by atoms with Crippen LogP contribution in [0.4, 0.5) is 34.3 Å². The van der Waals surface area contributed by atoms with Gasteiger partial charge in [-0.25, -0.2) is 9.97 Å². The second-order valence-corrected chi connectivity index (χ2v) is 14.6. The van der Waals surface area contributed by atoms with Crippen LogP contribution in [-0.2, 0) is 0 Å². The van der Waals surface area contributed by atoms with Crippen LogP contribution in [0.5, 0.6) is 0 Å². The van der Waals surface area contributed by atoms with Gasteiger partial charge >= 0.3 is 0 Å². The molecule has 4 nitrogen and oxygen atoms in total. The number of benzene rings is 7. The third-order valence-corrected chi connectivity index (χ3v) is 10.7. The van der Waals surface area contributed by atoms with E-state index in [9.17, 15) is 0 Å². The Morgan fingerprint density at radius 3 is 1.30 bits per heavy atom. The first-order chi connectivity index (χ1) is 27.3. The average Bonchev–Trinajstić information content (AvgIpc) is 3.22. The molecule has 0 aliphatic carbocycles. The predicted molar refractivity (Wildman–Crippen MR) is 236 cm³/mol. The molecule has 0 saturated carbocycles. The fraction of sp³-hybridized carbons (Fsp3) is 0.115. The van der Waals surface area contributed by atoms with Crippen molar-refractivity contribution in [1.29, 1.82) is 0 Å². The summed E-state index contributed by atoms with van der Waals surface area (Å²) in [6.45, 7) is 13.1. The number of hydrogen-bond acceptors (Lipinski definition) is 4. The van der Waals surface area contributed by atoms with E-state index < -0.39 is 0 Å². The fourth-order valence-electron chi connectivity index (χ4n) is 7.57. The van der Waals surface area contributed by atoms with E-state index in [2.05, 4.69) is 203 Å². The monoisotopic (exact) mass is 726 g/mol. The minimum absolute atomic E-state index is 0.678. The third kappa shape index (κ3) is 7.10. The summed E-state index contributed by atoms with van der Waals surface area (Å²) in [5.74, 6) is 1.49. The molecule has 0 fully saturated rings. The number of rotatable bonds is 9.